The molecule has 0 saturated carbocycles. The van der Waals surface area contributed by atoms with Gasteiger partial charge in [0.15, 0.2) is 0 Å². The molecule has 8 aromatic rings. The van der Waals surface area contributed by atoms with Crippen molar-refractivity contribution in [1.29, 1.82) is 0 Å². The summed E-state index contributed by atoms with van der Waals surface area (Å²) in [7, 11) is 0. The lowest BCUT2D eigenvalue weighted by Gasteiger charge is -2.41. The van der Waals surface area contributed by atoms with Gasteiger partial charge in [0.2, 0.25) is 0 Å². The summed E-state index contributed by atoms with van der Waals surface area (Å²) in [6.07, 6.45) is 4.53. The van der Waals surface area contributed by atoms with Gasteiger partial charge in [-0.3, -0.25) is 0 Å². The second-order valence-electron chi connectivity index (χ2n) is 18.8. The van der Waals surface area contributed by atoms with Crippen LogP contribution in [0.4, 0.5) is 34.1 Å². The van der Waals surface area contributed by atoms with Crippen LogP contribution in [0.2, 0.25) is 0 Å². The number of rotatable bonds is 4. The van der Waals surface area contributed by atoms with Gasteiger partial charge in [-0.15, -0.1) is 0 Å². The number of hydrogen-bond acceptors (Lipinski definition) is 4. The molecule has 1 aromatic heterocycles. The molecule has 3 heterocycles. The van der Waals surface area contributed by atoms with E-state index in [0.717, 1.165) is 35.6 Å². The second-order valence-corrected chi connectivity index (χ2v) is 19.9. The van der Waals surface area contributed by atoms with Crippen LogP contribution in [0.3, 0.4) is 0 Å². The van der Waals surface area contributed by atoms with Gasteiger partial charge in [0.1, 0.15) is 5.76 Å². The predicted molar refractivity (Wildman–Crippen MR) is 252 cm³/mol. The van der Waals surface area contributed by atoms with E-state index in [1.807, 2.05) is 11.8 Å². The van der Waals surface area contributed by atoms with E-state index in [2.05, 4.69) is 191 Å². The van der Waals surface area contributed by atoms with E-state index in [-0.39, 0.29) is 17.5 Å². The fourth-order valence-corrected chi connectivity index (χ4v) is 11.2. The third-order valence-corrected chi connectivity index (χ3v) is 14.2. The van der Waals surface area contributed by atoms with Crippen LogP contribution in [0.25, 0.3) is 21.5 Å². The first-order valence-corrected chi connectivity index (χ1v) is 22.2. The Morgan fingerprint density at radius 1 is 0.593 bits per heavy atom. The highest BCUT2D eigenvalue weighted by Crippen LogP contribution is 2.49. The Labute approximate surface area is 353 Å². The van der Waals surface area contributed by atoms with Gasteiger partial charge < -0.3 is 14.2 Å². The lowest BCUT2D eigenvalue weighted by molar-refractivity contribution is 0.497. The average molecular weight is 785 g/mol. The minimum absolute atomic E-state index is 0.0109. The molecular formula is C54H49BN2OS. The molecule has 0 unspecified atom stereocenters. The molecule has 7 aromatic carbocycles. The molecule has 0 bridgehead atoms. The topological polar surface area (TPSA) is 19.6 Å². The summed E-state index contributed by atoms with van der Waals surface area (Å²) in [6.45, 7) is 13.9. The van der Waals surface area contributed by atoms with E-state index in [1.54, 1.807) is 0 Å². The van der Waals surface area contributed by atoms with Crippen LogP contribution in [0.5, 0.6) is 0 Å². The van der Waals surface area contributed by atoms with Crippen LogP contribution in [-0.4, -0.2) is 6.71 Å². The Balaban J connectivity index is 1.22. The summed E-state index contributed by atoms with van der Waals surface area (Å²) in [5.74, 6) is 1.20. The van der Waals surface area contributed by atoms with Gasteiger partial charge >= 0.3 is 0 Å². The molecule has 0 amide bonds. The molecule has 0 radical (unpaired) electrons. The SMILES string of the molecule is CC(C)(C)c1ccc(N(c2ccc3c(c2)N(c2cccc4ccccc24)c2cc(C(C)(C)C)cc4c2B3c2oc3c(c2S4)CCCC3)c2cccc3ccccc23)cc1. The van der Waals surface area contributed by atoms with Crippen LogP contribution >= 0.6 is 11.8 Å². The van der Waals surface area contributed by atoms with Crippen molar-refractivity contribution < 1.29 is 4.42 Å². The van der Waals surface area contributed by atoms with E-state index in [9.17, 15) is 0 Å². The Kier molecular flexibility index (Phi) is 8.30. The largest absolute Gasteiger partial charge is 0.474 e. The molecule has 5 heteroatoms. The fraction of sp³-hybridized carbons (Fsp3) is 0.222. The average Bonchev–Trinajstić information content (AvgIpc) is 3.61. The molecule has 3 aliphatic rings. The van der Waals surface area contributed by atoms with Crippen molar-refractivity contribution in [1.82, 2.24) is 0 Å². The van der Waals surface area contributed by atoms with Crippen LogP contribution in [0, 0.1) is 0 Å². The third kappa shape index (κ3) is 5.87. The number of benzene rings is 7. The summed E-state index contributed by atoms with van der Waals surface area (Å²) in [6, 6.07) is 52.5. The van der Waals surface area contributed by atoms with Crippen LogP contribution in [0.15, 0.2) is 154 Å². The molecule has 0 N–H and O–H groups in total. The summed E-state index contributed by atoms with van der Waals surface area (Å²) in [4.78, 5) is 7.77. The van der Waals surface area contributed by atoms with Crippen LogP contribution < -0.4 is 26.4 Å². The van der Waals surface area contributed by atoms with Gasteiger partial charge in [-0.2, -0.15) is 0 Å². The Bertz CT molecular complexity index is 2960. The van der Waals surface area contributed by atoms with Crippen molar-refractivity contribution in [3.05, 3.63) is 162 Å². The predicted octanol–water partition coefficient (Wildman–Crippen LogP) is 13.3. The smallest absolute Gasteiger partial charge is 0.294 e. The first kappa shape index (κ1) is 36.4. The fourth-order valence-electron chi connectivity index (χ4n) is 9.84. The number of anilines is 6. The van der Waals surface area contributed by atoms with E-state index in [4.69, 9.17) is 4.42 Å². The van der Waals surface area contributed by atoms with Crippen molar-refractivity contribution in [3.63, 3.8) is 0 Å². The Morgan fingerprint density at radius 3 is 2.02 bits per heavy atom. The lowest BCUT2D eigenvalue weighted by atomic mass is 9.36. The minimum Gasteiger partial charge on any atom is -0.474 e. The Morgan fingerprint density at radius 2 is 1.25 bits per heavy atom. The molecule has 59 heavy (non-hydrogen) atoms. The monoisotopic (exact) mass is 784 g/mol. The van der Waals surface area contributed by atoms with E-state index in [0.29, 0.717) is 0 Å². The standard InChI is InChI=1S/C54H49BN2OS/c1-53(2,3)36-25-27-38(28-26-36)56(44-22-13-17-34-15-7-9-19-40(34)44)39-29-30-43-46(33-39)57(45-23-14-18-35-16-8-10-20-41(35)45)47-31-37(54(4,5)6)32-49-50(47)55(43)52-51(59-49)42-21-11-12-24-48(42)58-52/h7-10,13-20,22-23,25-33H,11-12,21,24H2,1-6H3. The van der Waals surface area contributed by atoms with Gasteiger partial charge in [-0.1, -0.05) is 144 Å². The summed E-state index contributed by atoms with van der Waals surface area (Å²) < 4.78 is 7.10. The highest BCUT2D eigenvalue weighted by atomic mass is 32.2. The maximum Gasteiger partial charge on any atom is 0.294 e. The third-order valence-electron chi connectivity index (χ3n) is 13.0. The summed E-state index contributed by atoms with van der Waals surface area (Å²) in [5.41, 5.74) is 14.9. The van der Waals surface area contributed by atoms with E-state index >= 15 is 0 Å². The normalized spacial score (nSPS) is 14.5. The maximum absolute atomic E-state index is 7.10. The molecule has 0 saturated heterocycles. The quantitative estimate of drug-likeness (QED) is 0.166. The molecule has 0 atom stereocenters. The molecule has 2 aliphatic heterocycles. The van der Waals surface area contributed by atoms with Crippen molar-refractivity contribution in [2.24, 2.45) is 0 Å². The number of furan rings is 1. The first-order chi connectivity index (χ1) is 28.5. The van der Waals surface area contributed by atoms with E-state index in [1.165, 1.54) is 94.6 Å². The molecule has 3 nitrogen and oxygen atoms in total. The second kappa shape index (κ2) is 13.4. The molecule has 11 rings (SSSR count). The number of nitrogens with zero attached hydrogens (tertiary/aromatic N) is 2. The van der Waals surface area contributed by atoms with Crippen molar-refractivity contribution in [2.75, 3.05) is 9.80 Å². The highest BCUT2D eigenvalue weighted by molar-refractivity contribution is 8.00. The zero-order valence-electron chi connectivity index (χ0n) is 34.9. The van der Waals surface area contributed by atoms with Gasteiger partial charge in [0.25, 0.3) is 6.71 Å². The minimum atomic E-state index is -0.0470. The Hall–Kier alpha value is -5.65. The van der Waals surface area contributed by atoms with Crippen molar-refractivity contribution in [2.45, 2.75) is 87.8 Å². The molecule has 0 spiro atoms. The van der Waals surface area contributed by atoms with E-state index < -0.39 is 0 Å². The molecule has 0 fully saturated rings. The van der Waals surface area contributed by atoms with Gasteiger partial charge in [-0.25, -0.2) is 0 Å². The van der Waals surface area contributed by atoms with Crippen LogP contribution in [-0.2, 0) is 23.7 Å². The molecular weight excluding hydrogens is 735 g/mol. The van der Waals surface area contributed by atoms with Gasteiger partial charge in [-0.05, 0) is 111 Å². The van der Waals surface area contributed by atoms with Crippen molar-refractivity contribution in [3.8, 4) is 0 Å². The number of fused-ring (bicyclic) bond motifs is 8. The summed E-state index contributed by atoms with van der Waals surface area (Å²) >= 11 is 1.95. The maximum atomic E-state index is 7.10. The molecule has 290 valence electrons. The van der Waals surface area contributed by atoms with Gasteiger partial charge in [0, 0.05) is 55.3 Å². The van der Waals surface area contributed by atoms with Crippen molar-refractivity contribution >= 4 is 90.7 Å². The number of aryl methyl sites for hydroxylation is 1. The zero-order chi connectivity index (χ0) is 40.2. The highest BCUT2D eigenvalue weighted by Gasteiger charge is 2.46. The van der Waals surface area contributed by atoms with Crippen LogP contribution in [0.1, 0.15) is 76.8 Å². The summed E-state index contributed by atoms with van der Waals surface area (Å²) in [5, 5.41) is 4.92. The molecule has 1 aliphatic carbocycles. The first-order valence-electron chi connectivity index (χ1n) is 21.3. The lowest BCUT2D eigenvalue weighted by Crippen LogP contribution is -2.59. The van der Waals surface area contributed by atoms with Gasteiger partial charge in [0.05, 0.1) is 17.0 Å². The zero-order valence-corrected chi connectivity index (χ0v) is 35.7. The number of hydrogen-bond donors (Lipinski definition) is 0.